The first-order valence-corrected chi connectivity index (χ1v) is 5.98. The largest absolute Gasteiger partial charge is 0.478 e. The van der Waals surface area contributed by atoms with Gasteiger partial charge in [0.15, 0.2) is 0 Å². The van der Waals surface area contributed by atoms with E-state index in [9.17, 15) is 9.59 Å². The third kappa shape index (κ3) is 2.12. The summed E-state index contributed by atoms with van der Waals surface area (Å²) >= 11 is 3.37. The molecule has 1 atom stereocenters. The van der Waals surface area contributed by atoms with Crippen LogP contribution in [0.15, 0.2) is 18.2 Å². The number of carboxylic acid groups (broad SMARTS) is 1. The molecule has 1 saturated heterocycles. The zero-order valence-electron chi connectivity index (χ0n) is 8.89. The highest BCUT2D eigenvalue weighted by atomic mass is 79.9. The first kappa shape index (κ1) is 11.9. The standard InChI is InChI=1S/C11H11BrN2O3/c12-6-4-9(15)14(5-6)8-3-1-2-7(10(8)13)11(16)17/h1-3,6H,4-5,13H2,(H,16,17). The van der Waals surface area contributed by atoms with Crippen molar-refractivity contribution in [2.45, 2.75) is 11.2 Å². The number of amides is 1. The van der Waals surface area contributed by atoms with Gasteiger partial charge >= 0.3 is 5.97 Å². The van der Waals surface area contributed by atoms with Crippen molar-refractivity contribution in [3.63, 3.8) is 0 Å². The Bertz CT molecular complexity index is 490. The number of rotatable bonds is 2. The van der Waals surface area contributed by atoms with Crippen LogP contribution in [0.1, 0.15) is 16.8 Å². The van der Waals surface area contributed by atoms with Gasteiger partial charge < -0.3 is 15.7 Å². The number of aromatic carboxylic acids is 1. The average molecular weight is 299 g/mol. The van der Waals surface area contributed by atoms with E-state index >= 15 is 0 Å². The summed E-state index contributed by atoms with van der Waals surface area (Å²) in [6.45, 7) is 0.506. The van der Waals surface area contributed by atoms with Crippen LogP contribution in [0.3, 0.4) is 0 Å². The van der Waals surface area contributed by atoms with Gasteiger partial charge in [0.2, 0.25) is 5.91 Å². The molecule has 6 heteroatoms. The lowest BCUT2D eigenvalue weighted by Gasteiger charge is -2.19. The Labute approximate surface area is 106 Å². The van der Waals surface area contributed by atoms with Gasteiger partial charge in [-0.2, -0.15) is 0 Å². The Balaban J connectivity index is 2.43. The fourth-order valence-electron chi connectivity index (χ4n) is 1.87. The first-order valence-electron chi connectivity index (χ1n) is 5.07. The number of carbonyl (C=O) groups excluding carboxylic acids is 1. The minimum atomic E-state index is -1.09. The molecule has 1 unspecified atom stereocenters. The van der Waals surface area contributed by atoms with Crippen molar-refractivity contribution in [1.82, 2.24) is 0 Å². The van der Waals surface area contributed by atoms with Gasteiger partial charge in [0.05, 0.1) is 16.9 Å². The minimum absolute atomic E-state index is 0.0216. The Morgan fingerprint density at radius 3 is 2.76 bits per heavy atom. The van der Waals surface area contributed by atoms with Crippen molar-refractivity contribution >= 4 is 39.2 Å². The molecule has 0 saturated carbocycles. The molecule has 1 aromatic carbocycles. The predicted molar refractivity (Wildman–Crippen MR) is 67.5 cm³/mol. The van der Waals surface area contributed by atoms with Gasteiger partial charge in [-0.25, -0.2) is 4.79 Å². The number of nitrogens with zero attached hydrogens (tertiary/aromatic N) is 1. The zero-order chi connectivity index (χ0) is 12.6. The highest BCUT2D eigenvalue weighted by Gasteiger charge is 2.30. The molecule has 1 fully saturated rings. The van der Waals surface area contributed by atoms with Gasteiger partial charge in [-0.05, 0) is 12.1 Å². The van der Waals surface area contributed by atoms with Crippen molar-refractivity contribution in [3.05, 3.63) is 23.8 Å². The molecule has 3 N–H and O–H groups in total. The minimum Gasteiger partial charge on any atom is -0.478 e. The predicted octanol–water partition coefficient (Wildman–Crippen LogP) is 1.47. The lowest BCUT2D eigenvalue weighted by atomic mass is 10.1. The smallest absolute Gasteiger partial charge is 0.337 e. The molecule has 1 aliphatic rings. The summed E-state index contributed by atoms with van der Waals surface area (Å²) in [5.41, 5.74) is 6.41. The number of nitrogens with two attached hydrogens (primary N) is 1. The maximum Gasteiger partial charge on any atom is 0.337 e. The molecule has 0 bridgehead atoms. The second-order valence-corrected chi connectivity index (χ2v) is 5.14. The van der Waals surface area contributed by atoms with Crippen LogP contribution >= 0.6 is 15.9 Å². The molecule has 1 aromatic rings. The van der Waals surface area contributed by atoms with Gasteiger partial charge in [0.1, 0.15) is 0 Å². The third-order valence-corrected chi connectivity index (χ3v) is 3.30. The van der Waals surface area contributed by atoms with E-state index in [1.807, 2.05) is 0 Å². The Hall–Kier alpha value is -1.56. The van der Waals surface area contributed by atoms with Crippen molar-refractivity contribution < 1.29 is 14.7 Å². The van der Waals surface area contributed by atoms with Gasteiger partial charge in [0, 0.05) is 17.8 Å². The van der Waals surface area contributed by atoms with E-state index in [-0.39, 0.29) is 22.0 Å². The van der Waals surface area contributed by atoms with Crippen LogP contribution in [0.4, 0.5) is 11.4 Å². The number of carboxylic acids is 1. The van der Waals surface area contributed by atoms with E-state index in [0.29, 0.717) is 18.7 Å². The normalized spacial score (nSPS) is 19.7. The molecular formula is C11H11BrN2O3. The van der Waals surface area contributed by atoms with Crippen molar-refractivity contribution in [1.29, 1.82) is 0 Å². The van der Waals surface area contributed by atoms with Crippen molar-refractivity contribution in [3.8, 4) is 0 Å². The van der Waals surface area contributed by atoms with E-state index in [2.05, 4.69) is 15.9 Å². The highest BCUT2D eigenvalue weighted by molar-refractivity contribution is 9.09. The number of benzene rings is 1. The fourth-order valence-corrected chi connectivity index (χ4v) is 2.44. The Kier molecular flexibility index (Phi) is 3.06. The molecule has 0 aromatic heterocycles. The molecule has 2 rings (SSSR count). The van der Waals surface area contributed by atoms with Crippen LogP contribution in [0.25, 0.3) is 0 Å². The lowest BCUT2D eigenvalue weighted by molar-refractivity contribution is -0.117. The van der Waals surface area contributed by atoms with Crippen molar-refractivity contribution in [2.75, 3.05) is 17.2 Å². The first-order chi connectivity index (χ1) is 8.00. The summed E-state index contributed by atoms with van der Waals surface area (Å²) in [5, 5.41) is 8.96. The maximum absolute atomic E-state index is 11.7. The number of halogens is 1. The van der Waals surface area contributed by atoms with Crippen LogP contribution in [0.5, 0.6) is 0 Å². The molecule has 5 nitrogen and oxygen atoms in total. The monoisotopic (exact) mass is 298 g/mol. The van der Waals surface area contributed by atoms with E-state index < -0.39 is 5.97 Å². The van der Waals surface area contributed by atoms with Crippen LogP contribution in [-0.2, 0) is 4.79 Å². The molecule has 0 radical (unpaired) electrons. The summed E-state index contributed by atoms with van der Waals surface area (Å²) in [5.74, 6) is -1.15. The quantitative estimate of drug-likeness (QED) is 0.640. The fraction of sp³-hybridized carbons (Fsp3) is 0.273. The summed E-state index contributed by atoms with van der Waals surface area (Å²) in [7, 11) is 0. The number of para-hydroxylation sites is 1. The second kappa shape index (κ2) is 4.37. The number of hydrogen-bond donors (Lipinski definition) is 2. The van der Waals surface area contributed by atoms with E-state index in [0.717, 1.165) is 0 Å². The third-order valence-electron chi connectivity index (χ3n) is 2.68. The second-order valence-electron chi connectivity index (χ2n) is 3.85. The summed E-state index contributed by atoms with van der Waals surface area (Å²) < 4.78 is 0. The topological polar surface area (TPSA) is 83.6 Å². The summed E-state index contributed by atoms with van der Waals surface area (Å²) in [6.07, 6.45) is 0.400. The molecule has 0 spiro atoms. The van der Waals surface area contributed by atoms with Gasteiger partial charge in [-0.15, -0.1) is 0 Å². The zero-order valence-corrected chi connectivity index (χ0v) is 10.5. The van der Waals surface area contributed by atoms with Gasteiger partial charge in [0.25, 0.3) is 0 Å². The van der Waals surface area contributed by atoms with Crippen LogP contribution in [0.2, 0.25) is 0 Å². The number of anilines is 2. The molecule has 1 amide bonds. The maximum atomic E-state index is 11.7. The average Bonchev–Trinajstić information content (AvgIpc) is 2.57. The van der Waals surface area contributed by atoms with E-state index in [1.165, 1.54) is 11.0 Å². The molecule has 90 valence electrons. The number of nitrogen functional groups attached to an aromatic ring is 1. The van der Waals surface area contributed by atoms with E-state index in [1.54, 1.807) is 12.1 Å². The van der Waals surface area contributed by atoms with E-state index in [4.69, 9.17) is 10.8 Å². The van der Waals surface area contributed by atoms with Gasteiger partial charge in [-0.3, -0.25) is 4.79 Å². The van der Waals surface area contributed by atoms with Crippen molar-refractivity contribution in [2.24, 2.45) is 0 Å². The highest BCUT2D eigenvalue weighted by Crippen LogP contribution is 2.31. The summed E-state index contributed by atoms with van der Waals surface area (Å²) in [6, 6.07) is 4.67. The molecule has 17 heavy (non-hydrogen) atoms. The molecule has 0 aliphatic carbocycles. The summed E-state index contributed by atoms with van der Waals surface area (Å²) in [4.78, 5) is 24.3. The Morgan fingerprint density at radius 2 is 2.24 bits per heavy atom. The lowest BCUT2D eigenvalue weighted by Crippen LogP contribution is -2.26. The Morgan fingerprint density at radius 1 is 1.53 bits per heavy atom. The molecular weight excluding hydrogens is 288 g/mol. The number of alkyl halides is 1. The number of carbonyl (C=O) groups is 2. The van der Waals surface area contributed by atoms with Gasteiger partial charge in [-0.1, -0.05) is 22.0 Å². The number of hydrogen-bond acceptors (Lipinski definition) is 3. The SMILES string of the molecule is Nc1c(C(=O)O)cccc1N1CC(Br)CC1=O. The van der Waals surface area contributed by atoms with Crippen LogP contribution in [0, 0.1) is 0 Å². The van der Waals surface area contributed by atoms with Crippen LogP contribution in [-0.4, -0.2) is 28.4 Å². The molecule has 1 heterocycles. The van der Waals surface area contributed by atoms with Crippen LogP contribution < -0.4 is 10.6 Å². The molecule has 1 aliphatic heterocycles.